The average molecular weight is 407 g/mol. The van der Waals surface area contributed by atoms with Crippen molar-refractivity contribution in [2.75, 3.05) is 7.11 Å². The molecule has 0 aliphatic carbocycles. The molecule has 0 aliphatic rings. The third-order valence-corrected chi connectivity index (χ3v) is 5.17. The van der Waals surface area contributed by atoms with Gasteiger partial charge in [0.15, 0.2) is 0 Å². The number of nitrogens with two attached hydrogens (primary N) is 1. The van der Waals surface area contributed by atoms with E-state index in [0.29, 0.717) is 22.3 Å². The average Bonchev–Trinajstić information content (AvgIpc) is 2.66. The number of primary sulfonamides is 1. The minimum Gasteiger partial charge on any atom is -0.496 e. The lowest BCUT2D eigenvalue weighted by Crippen LogP contribution is -2.11. The molecule has 3 aromatic carbocycles. The van der Waals surface area contributed by atoms with E-state index in [1.165, 1.54) is 25.3 Å². The zero-order chi connectivity index (χ0) is 20.5. The summed E-state index contributed by atoms with van der Waals surface area (Å²) in [7, 11) is -2.65. The third kappa shape index (κ3) is 4.02. The van der Waals surface area contributed by atoms with Gasteiger partial charge in [-0.15, -0.1) is 0 Å². The molecule has 0 unspecified atom stereocenters. The summed E-state index contributed by atoms with van der Waals surface area (Å²) in [6.07, 6.45) is -4.56. The molecule has 4 nitrogen and oxygen atoms in total. The van der Waals surface area contributed by atoms with Gasteiger partial charge < -0.3 is 4.74 Å². The molecule has 0 amide bonds. The SMILES string of the molecule is COc1ccc(-c2ccccc2-c2ccc(S(N)(=O)=O)cc2)cc1C(F)(F)F. The molecule has 0 radical (unpaired) electrons. The van der Waals surface area contributed by atoms with Crippen LogP contribution in [0.25, 0.3) is 22.3 Å². The molecule has 0 aromatic heterocycles. The molecule has 3 rings (SSSR count). The minimum atomic E-state index is -4.56. The van der Waals surface area contributed by atoms with Crippen LogP contribution in [0.3, 0.4) is 0 Å². The molecule has 0 saturated heterocycles. The number of alkyl halides is 3. The van der Waals surface area contributed by atoms with Gasteiger partial charge in [-0.05, 0) is 46.5 Å². The number of rotatable bonds is 4. The highest BCUT2D eigenvalue weighted by atomic mass is 32.2. The van der Waals surface area contributed by atoms with Gasteiger partial charge in [0.25, 0.3) is 0 Å². The van der Waals surface area contributed by atoms with Crippen molar-refractivity contribution in [2.45, 2.75) is 11.1 Å². The third-order valence-electron chi connectivity index (χ3n) is 4.24. The van der Waals surface area contributed by atoms with Crippen molar-refractivity contribution in [1.29, 1.82) is 0 Å². The predicted molar refractivity (Wildman–Crippen MR) is 100 cm³/mol. The summed E-state index contributed by atoms with van der Waals surface area (Å²) in [4.78, 5) is -0.0439. The Labute approximate surface area is 160 Å². The smallest absolute Gasteiger partial charge is 0.419 e. The highest BCUT2D eigenvalue weighted by Crippen LogP contribution is 2.40. The first-order chi connectivity index (χ1) is 13.1. The van der Waals surface area contributed by atoms with E-state index < -0.39 is 21.8 Å². The molecule has 8 heteroatoms. The summed E-state index contributed by atoms with van der Waals surface area (Å²) in [5.74, 6) is -0.258. The van der Waals surface area contributed by atoms with Gasteiger partial charge in [0, 0.05) is 0 Å². The Kier molecular flexibility index (Phi) is 5.18. The van der Waals surface area contributed by atoms with Crippen LogP contribution < -0.4 is 9.88 Å². The first-order valence-electron chi connectivity index (χ1n) is 8.09. The zero-order valence-corrected chi connectivity index (χ0v) is 15.5. The first-order valence-corrected chi connectivity index (χ1v) is 9.64. The van der Waals surface area contributed by atoms with E-state index in [2.05, 4.69) is 0 Å². The van der Waals surface area contributed by atoms with E-state index in [1.54, 1.807) is 42.5 Å². The van der Waals surface area contributed by atoms with Crippen LogP contribution in [0.1, 0.15) is 5.56 Å². The van der Waals surface area contributed by atoms with Crippen molar-refractivity contribution in [2.24, 2.45) is 5.14 Å². The fourth-order valence-corrected chi connectivity index (χ4v) is 3.42. The molecular weight excluding hydrogens is 391 g/mol. The lowest BCUT2D eigenvalue weighted by molar-refractivity contribution is -0.138. The largest absolute Gasteiger partial charge is 0.496 e. The molecule has 146 valence electrons. The van der Waals surface area contributed by atoms with Crippen molar-refractivity contribution in [1.82, 2.24) is 0 Å². The van der Waals surface area contributed by atoms with Crippen LogP contribution in [0.4, 0.5) is 13.2 Å². The highest BCUT2D eigenvalue weighted by molar-refractivity contribution is 7.89. The number of ether oxygens (including phenoxy) is 1. The maximum Gasteiger partial charge on any atom is 0.419 e. The molecule has 0 aliphatic heterocycles. The number of benzene rings is 3. The van der Waals surface area contributed by atoms with Crippen LogP contribution in [-0.2, 0) is 16.2 Å². The molecule has 0 bridgehead atoms. The number of halogens is 3. The number of methoxy groups -OCH3 is 1. The summed E-state index contributed by atoms with van der Waals surface area (Å²) < 4.78 is 67.8. The second-order valence-corrected chi connectivity index (χ2v) is 7.59. The number of sulfonamides is 1. The van der Waals surface area contributed by atoms with E-state index in [-0.39, 0.29) is 10.6 Å². The second-order valence-electron chi connectivity index (χ2n) is 6.03. The number of hydrogen-bond acceptors (Lipinski definition) is 3. The molecule has 2 N–H and O–H groups in total. The van der Waals surface area contributed by atoms with E-state index >= 15 is 0 Å². The molecule has 0 heterocycles. The maximum atomic E-state index is 13.4. The van der Waals surface area contributed by atoms with Gasteiger partial charge >= 0.3 is 6.18 Å². The van der Waals surface area contributed by atoms with Gasteiger partial charge in [-0.1, -0.05) is 42.5 Å². The monoisotopic (exact) mass is 407 g/mol. The van der Waals surface area contributed by atoms with Gasteiger partial charge in [-0.25, -0.2) is 13.6 Å². The number of hydrogen-bond donors (Lipinski definition) is 1. The van der Waals surface area contributed by atoms with Gasteiger partial charge in [0.1, 0.15) is 5.75 Å². The first kappa shape index (κ1) is 19.9. The Balaban J connectivity index is 2.14. The lowest BCUT2D eigenvalue weighted by Gasteiger charge is -2.15. The van der Waals surface area contributed by atoms with Gasteiger partial charge in [-0.2, -0.15) is 13.2 Å². The second kappa shape index (κ2) is 7.29. The van der Waals surface area contributed by atoms with E-state index in [1.807, 2.05) is 0 Å². The molecule has 0 fully saturated rings. The predicted octanol–water partition coefficient (Wildman–Crippen LogP) is 4.70. The molecule has 0 saturated carbocycles. The summed E-state index contributed by atoms with van der Waals surface area (Å²) in [5, 5.41) is 5.11. The Morgan fingerprint density at radius 3 is 1.89 bits per heavy atom. The Morgan fingerprint density at radius 1 is 0.857 bits per heavy atom. The van der Waals surface area contributed by atoms with Crippen LogP contribution in [-0.4, -0.2) is 15.5 Å². The topological polar surface area (TPSA) is 69.4 Å². The molecular formula is C20H16F3NO3S. The molecule has 0 spiro atoms. The summed E-state index contributed by atoms with van der Waals surface area (Å²) in [5.41, 5.74) is 1.36. The van der Waals surface area contributed by atoms with E-state index in [4.69, 9.17) is 9.88 Å². The van der Waals surface area contributed by atoms with Crippen molar-refractivity contribution in [3.05, 3.63) is 72.3 Å². The zero-order valence-electron chi connectivity index (χ0n) is 14.7. The van der Waals surface area contributed by atoms with Crippen LogP contribution in [0.15, 0.2) is 71.6 Å². The molecule has 0 atom stereocenters. The van der Waals surface area contributed by atoms with Crippen molar-refractivity contribution >= 4 is 10.0 Å². The summed E-state index contributed by atoms with van der Waals surface area (Å²) >= 11 is 0. The van der Waals surface area contributed by atoms with Crippen molar-refractivity contribution < 1.29 is 26.3 Å². The van der Waals surface area contributed by atoms with Gasteiger partial charge in [0.2, 0.25) is 10.0 Å². The normalized spacial score (nSPS) is 12.0. The van der Waals surface area contributed by atoms with Crippen LogP contribution in [0, 0.1) is 0 Å². The highest BCUT2D eigenvalue weighted by Gasteiger charge is 2.34. The Hall–Kier alpha value is -2.84. The maximum absolute atomic E-state index is 13.4. The minimum absolute atomic E-state index is 0.0439. The van der Waals surface area contributed by atoms with Crippen LogP contribution in [0.2, 0.25) is 0 Å². The Morgan fingerprint density at radius 2 is 1.39 bits per heavy atom. The molecule has 28 heavy (non-hydrogen) atoms. The summed E-state index contributed by atoms with van der Waals surface area (Å²) in [6.45, 7) is 0. The van der Waals surface area contributed by atoms with Gasteiger partial charge in [0.05, 0.1) is 17.6 Å². The van der Waals surface area contributed by atoms with Crippen molar-refractivity contribution in [3.8, 4) is 28.0 Å². The van der Waals surface area contributed by atoms with Crippen molar-refractivity contribution in [3.63, 3.8) is 0 Å². The fraction of sp³-hybridized carbons (Fsp3) is 0.100. The van der Waals surface area contributed by atoms with E-state index in [9.17, 15) is 21.6 Å². The molecule has 3 aromatic rings. The Bertz CT molecular complexity index is 1110. The quantitative estimate of drug-likeness (QED) is 0.682. The van der Waals surface area contributed by atoms with Crippen LogP contribution >= 0.6 is 0 Å². The van der Waals surface area contributed by atoms with Gasteiger partial charge in [-0.3, -0.25) is 0 Å². The summed E-state index contributed by atoms with van der Waals surface area (Å²) in [6, 6.07) is 16.6. The van der Waals surface area contributed by atoms with E-state index in [0.717, 1.165) is 6.07 Å². The van der Waals surface area contributed by atoms with Crippen LogP contribution in [0.5, 0.6) is 5.75 Å². The lowest BCUT2D eigenvalue weighted by atomic mass is 9.93. The standard InChI is InChI=1S/C20H16F3NO3S/c1-27-19-11-8-14(12-18(19)20(21,22)23)17-5-3-2-4-16(17)13-6-9-15(10-7-13)28(24,25)26/h2-12H,1H3,(H2,24,25,26). The fourth-order valence-electron chi connectivity index (χ4n) is 2.91.